The lowest BCUT2D eigenvalue weighted by atomic mass is 9.77. The molecule has 0 amide bonds. The van der Waals surface area contributed by atoms with Crippen molar-refractivity contribution in [3.63, 3.8) is 0 Å². The first-order valence-corrected chi connectivity index (χ1v) is 7.06. The molecule has 0 saturated carbocycles. The van der Waals surface area contributed by atoms with Crippen molar-refractivity contribution in [3.05, 3.63) is 38.3 Å². The second-order valence-electron chi connectivity index (χ2n) is 5.07. The molecule has 1 aliphatic rings. The molecule has 2 rings (SSSR count). The van der Waals surface area contributed by atoms with E-state index in [1.165, 1.54) is 0 Å². The molecular weight excluding hydrogens is 312 g/mol. The van der Waals surface area contributed by atoms with E-state index in [9.17, 15) is 10.1 Å². The minimum atomic E-state index is -0.339. The second kappa shape index (κ2) is 5.98. The molecule has 0 bridgehead atoms. The summed E-state index contributed by atoms with van der Waals surface area (Å²) < 4.78 is 6.23. The van der Waals surface area contributed by atoms with Crippen LogP contribution in [0.5, 0.6) is 0 Å². The Hall–Kier alpha value is -0.980. The fourth-order valence-corrected chi connectivity index (χ4v) is 2.89. The number of nitrogens with zero attached hydrogens (tertiary/aromatic N) is 1. The minimum absolute atomic E-state index is 0.146. The zero-order chi connectivity index (χ0) is 13.9. The number of nitro groups is 1. The van der Waals surface area contributed by atoms with E-state index < -0.39 is 0 Å². The van der Waals surface area contributed by atoms with Crippen LogP contribution in [0.25, 0.3) is 0 Å². The average molecular weight is 329 g/mol. The Morgan fingerprint density at radius 3 is 2.89 bits per heavy atom. The van der Waals surface area contributed by atoms with Gasteiger partial charge in [0.15, 0.2) is 0 Å². The molecule has 1 aliphatic heterocycles. The Bertz CT molecular complexity index is 473. The summed E-state index contributed by atoms with van der Waals surface area (Å²) in [6.45, 7) is 1.82. The molecule has 0 spiro atoms. The monoisotopic (exact) mass is 328 g/mol. The van der Waals surface area contributed by atoms with Crippen LogP contribution in [-0.2, 0) is 11.2 Å². The topological polar surface area (TPSA) is 78.4 Å². The molecule has 2 N–H and O–H groups in total. The first-order chi connectivity index (χ1) is 9.06. The molecular formula is C13H17BrN2O3. The van der Waals surface area contributed by atoms with Gasteiger partial charge in [-0.1, -0.05) is 22.0 Å². The summed E-state index contributed by atoms with van der Waals surface area (Å²) in [4.78, 5) is 10.8. The third-order valence-electron chi connectivity index (χ3n) is 3.65. The van der Waals surface area contributed by atoms with E-state index in [4.69, 9.17) is 10.5 Å². The van der Waals surface area contributed by atoms with Crippen molar-refractivity contribution >= 4 is 21.6 Å². The van der Waals surface area contributed by atoms with Crippen molar-refractivity contribution in [2.45, 2.75) is 19.3 Å². The SMILES string of the molecule is NCC1(Cc2ccc(Br)cc2[N+](=O)[O-])CCCOC1. The molecule has 1 saturated heterocycles. The fraction of sp³-hybridized carbons (Fsp3) is 0.538. The quantitative estimate of drug-likeness (QED) is 0.680. The predicted molar refractivity (Wildman–Crippen MR) is 76.0 cm³/mol. The maximum Gasteiger partial charge on any atom is 0.273 e. The van der Waals surface area contributed by atoms with E-state index in [0.717, 1.165) is 25.0 Å². The lowest BCUT2D eigenvalue weighted by molar-refractivity contribution is -0.385. The van der Waals surface area contributed by atoms with Crippen LogP contribution in [0.2, 0.25) is 0 Å². The lowest BCUT2D eigenvalue weighted by Crippen LogP contribution is -2.40. The van der Waals surface area contributed by atoms with Crippen LogP contribution in [0.15, 0.2) is 22.7 Å². The van der Waals surface area contributed by atoms with Crippen LogP contribution >= 0.6 is 15.9 Å². The fourth-order valence-electron chi connectivity index (χ4n) is 2.54. The van der Waals surface area contributed by atoms with Gasteiger partial charge in [0.25, 0.3) is 5.69 Å². The lowest BCUT2D eigenvalue weighted by Gasteiger charge is -2.36. The zero-order valence-corrected chi connectivity index (χ0v) is 12.2. The van der Waals surface area contributed by atoms with Crippen LogP contribution < -0.4 is 5.73 Å². The summed E-state index contributed by atoms with van der Waals surface area (Å²) in [5, 5.41) is 11.1. The van der Waals surface area contributed by atoms with Crippen molar-refractivity contribution in [2.75, 3.05) is 19.8 Å². The average Bonchev–Trinajstić information content (AvgIpc) is 2.42. The number of halogens is 1. The molecule has 0 radical (unpaired) electrons. The second-order valence-corrected chi connectivity index (χ2v) is 5.98. The van der Waals surface area contributed by atoms with E-state index in [1.54, 1.807) is 12.1 Å². The summed E-state index contributed by atoms with van der Waals surface area (Å²) in [5.41, 5.74) is 6.59. The number of nitro benzene ring substituents is 1. The van der Waals surface area contributed by atoms with Gasteiger partial charge in [0.1, 0.15) is 0 Å². The Morgan fingerprint density at radius 2 is 2.32 bits per heavy atom. The van der Waals surface area contributed by atoms with Crippen molar-refractivity contribution in [1.29, 1.82) is 0 Å². The maximum absolute atomic E-state index is 11.1. The van der Waals surface area contributed by atoms with Crippen molar-refractivity contribution < 1.29 is 9.66 Å². The first kappa shape index (κ1) is 14.4. The number of nitrogens with two attached hydrogens (primary N) is 1. The Labute approximate surface area is 120 Å². The van der Waals surface area contributed by atoms with Gasteiger partial charge < -0.3 is 10.5 Å². The molecule has 1 aromatic rings. The molecule has 1 aromatic carbocycles. The summed E-state index contributed by atoms with van der Waals surface area (Å²) >= 11 is 3.27. The summed E-state index contributed by atoms with van der Waals surface area (Å²) in [6.07, 6.45) is 2.51. The molecule has 1 atom stereocenters. The highest BCUT2D eigenvalue weighted by Crippen LogP contribution is 2.35. The van der Waals surface area contributed by atoms with Crippen LogP contribution in [0.3, 0.4) is 0 Å². The smallest absolute Gasteiger partial charge is 0.273 e. The van der Waals surface area contributed by atoms with Gasteiger partial charge in [0.2, 0.25) is 0 Å². The predicted octanol–water partition coefficient (Wildman–Crippen LogP) is 2.66. The summed E-state index contributed by atoms with van der Waals surface area (Å²) in [7, 11) is 0. The van der Waals surface area contributed by atoms with Crippen molar-refractivity contribution in [1.82, 2.24) is 0 Å². The molecule has 5 nitrogen and oxygen atoms in total. The molecule has 0 aromatic heterocycles. The Morgan fingerprint density at radius 1 is 1.53 bits per heavy atom. The Balaban J connectivity index is 2.28. The van der Waals surface area contributed by atoms with Gasteiger partial charge in [-0.05, 0) is 25.3 Å². The molecule has 104 valence electrons. The maximum atomic E-state index is 11.1. The van der Waals surface area contributed by atoms with Gasteiger partial charge in [-0.2, -0.15) is 0 Å². The van der Waals surface area contributed by atoms with E-state index in [-0.39, 0.29) is 16.0 Å². The van der Waals surface area contributed by atoms with E-state index >= 15 is 0 Å². The van der Waals surface area contributed by atoms with Crippen LogP contribution in [-0.4, -0.2) is 24.7 Å². The van der Waals surface area contributed by atoms with Gasteiger partial charge in [0, 0.05) is 34.7 Å². The highest BCUT2D eigenvalue weighted by atomic mass is 79.9. The number of hydrogen-bond donors (Lipinski definition) is 1. The van der Waals surface area contributed by atoms with E-state index in [1.807, 2.05) is 6.07 Å². The number of benzene rings is 1. The van der Waals surface area contributed by atoms with Crippen molar-refractivity contribution in [3.8, 4) is 0 Å². The molecule has 1 unspecified atom stereocenters. The standard InChI is InChI=1S/C13H17BrN2O3/c14-11-3-2-10(12(6-11)16(17)18)7-13(8-15)4-1-5-19-9-13/h2-3,6H,1,4-5,7-9,15H2. The van der Waals surface area contributed by atoms with Crippen LogP contribution in [0.1, 0.15) is 18.4 Å². The van der Waals surface area contributed by atoms with Crippen LogP contribution in [0, 0.1) is 15.5 Å². The first-order valence-electron chi connectivity index (χ1n) is 6.27. The van der Waals surface area contributed by atoms with Gasteiger partial charge >= 0.3 is 0 Å². The minimum Gasteiger partial charge on any atom is -0.381 e. The summed E-state index contributed by atoms with van der Waals surface area (Å²) in [5.74, 6) is 0. The largest absolute Gasteiger partial charge is 0.381 e. The van der Waals surface area contributed by atoms with Gasteiger partial charge in [-0.25, -0.2) is 0 Å². The highest BCUT2D eigenvalue weighted by Gasteiger charge is 2.33. The normalized spacial score (nSPS) is 23.3. The van der Waals surface area contributed by atoms with Gasteiger partial charge in [-0.15, -0.1) is 0 Å². The highest BCUT2D eigenvalue weighted by molar-refractivity contribution is 9.10. The number of ether oxygens (including phenoxy) is 1. The van der Waals surface area contributed by atoms with Gasteiger partial charge in [0.05, 0.1) is 11.5 Å². The number of hydrogen-bond acceptors (Lipinski definition) is 4. The van der Waals surface area contributed by atoms with Crippen LogP contribution in [0.4, 0.5) is 5.69 Å². The number of rotatable bonds is 4. The van der Waals surface area contributed by atoms with Crippen molar-refractivity contribution in [2.24, 2.45) is 11.1 Å². The zero-order valence-electron chi connectivity index (χ0n) is 10.6. The molecule has 1 fully saturated rings. The molecule has 1 heterocycles. The molecule has 0 aliphatic carbocycles. The molecule has 19 heavy (non-hydrogen) atoms. The van der Waals surface area contributed by atoms with Gasteiger partial charge in [-0.3, -0.25) is 10.1 Å². The van der Waals surface area contributed by atoms with E-state index in [0.29, 0.717) is 24.0 Å². The Kier molecular flexibility index (Phi) is 4.54. The third kappa shape index (κ3) is 3.32. The molecule has 6 heteroatoms. The van der Waals surface area contributed by atoms with E-state index in [2.05, 4.69) is 15.9 Å². The summed E-state index contributed by atoms with van der Waals surface area (Å²) in [6, 6.07) is 5.17. The third-order valence-corrected chi connectivity index (χ3v) is 4.14.